The van der Waals surface area contributed by atoms with E-state index in [0.29, 0.717) is 0 Å². The molecule has 6 heteroatoms. The lowest BCUT2D eigenvalue weighted by molar-refractivity contribution is -0.174. The van der Waals surface area contributed by atoms with Gasteiger partial charge < -0.3 is 10.5 Å². The summed E-state index contributed by atoms with van der Waals surface area (Å²) in [5.41, 5.74) is 6.47. The average molecular weight is 239 g/mol. The summed E-state index contributed by atoms with van der Waals surface area (Å²) >= 11 is 1.51. The van der Waals surface area contributed by atoms with Crippen molar-refractivity contribution < 1.29 is 17.9 Å². The molecule has 0 radical (unpaired) electrons. The maximum atomic E-state index is 11.7. The van der Waals surface area contributed by atoms with Crippen LogP contribution in [0.4, 0.5) is 13.2 Å². The Morgan fingerprint density at radius 1 is 1.53 bits per heavy atom. The topological polar surface area (TPSA) is 35.2 Å². The molecule has 0 fully saturated rings. The first-order valence-corrected chi connectivity index (χ1v) is 5.21. The maximum absolute atomic E-state index is 11.7. The molecule has 0 spiro atoms. The van der Waals surface area contributed by atoms with Gasteiger partial charge in [-0.05, 0) is 23.9 Å². The molecular weight excluding hydrogens is 227 g/mol. The molecule has 1 unspecified atom stereocenters. The molecule has 0 saturated carbocycles. The van der Waals surface area contributed by atoms with Crippen molar-refractivity contribution in [3.05, 3.63) is 21.9 Å². The van der Waals surface area contributed by atoms with Gasteiger partial charge in [0.2, 0.25) is 0 Å². The van der Waals surface area contributed by atoms with E-state index < -0.39 is 18.8 Å². The average Bonchev–Trinajstić information content (AvgIpc) is 2.49. The number of ether oxygens (including phenoxy) is 1. The molecule has 0 aromatic carbocycles. The van der Waals surface area contributed by atoms with Gasteiger partial charge in [-0.2, -0.15) is 13.2 Å². The van der Waals surface area contributed by atoms with Crippen molar-refractivity contribution in [1.82, 2.24) is 0 Å². The first kappa shape index (κ1) is 12.5. The molecule has 0 saturated heterocycles. The number of halogens is 3. The minimum atomic E-state index is -4.29. The lowest BCUT2D eigenvalue weighted by atomic mass is 10.2. The molecule has 2 N–H and O–H groups in total. The van der Waals surface area contributed by atoms with Gasteiger partial charge in [0.15, 0.2) is 0 Å². The summed E-state index contributed by atoms with van der Waals surface area (Å²) in [5, 5.41) is 1.83. The number of thiophene rings is 1. The van der Waals surface area contributed by atoms with Crippen molar-refractivity contribution in [2.45, 2.75) is 19.1 Å². The Hall–Kier alpha value is -0.590. The highest BCUT2D eigenvalue weighted by molar-refractivity contribution is 7.10. The Bertz CT molecular complexity index is 311. The predicted octanol–water partition coefficient (Wildman–Crippen LogP) is 2.64. The van der Waals surface area contributed by atoms with Crippen LogP contribution in [0.15, 0.2) is 11.4 Å². The number of alkyl halides is 3. The zero-order chi connectivity index (χ0) is 11.5. The van der Waals surface area contributed by atoms with E-state index in [2.05, 4.69) is 4.74 Å². The standard InChI is InChI=1S/C9H12F3NOS/c1-6-2-7(4-15-6)8(13)3-14-5-9(10,11)12/h2,4,8H,3,5,13H2,1H3. The zero-order valence-corrected chi connectivity index (χ0v) is 8.99. The molecule has 1 aromatic heterocycles. The molecule has 0 aliphatic carbocycles. The third kappa shape index (κ3) is 4.63. The highest BCUT2D eigenvalue weighted by Crippen LogP contribution is 2.20. The van der Waals surface area contributed by atoms with Crippen LogP contribution in [0.3, 0.4) is 0 Å². The predicted molar refractivity (Wildman–Crippen MR) is 52.9 cm³/mol. The number of nitrogens with two attached hydrogens (primary N) is 1. The lowest BCUT2D eigenvalue weighted by Crippen LogP contribution is -2.22. The highest BCUT2D eigenvalue weighted by Gasteiger charge is 2.27. The van der Waals surface area contributed by atoms with Crippen LogP contribution in [0, 0.1) is 6.92 Å². The molecule has 2 nitrogen and oxygen atoms in total. The summed E-state index contributed by atoms with van der Waals surface area (Å²) in [6.07, 6.45) is -4.29. The Balaban J connectivity index is 2.34. The Labute approximate surface area is 89.8 Å². The summed E-state index contributed by atoms with van der Waals surface area (Å²) in [6.45, 7) is 0.553. The molecule has 1 rings (SSSR count). The van der Waals surface area contributed by atoms with Gasteiger partial charge >= 0.3 is 6.18 Å². The summed E-state index contributed by atoms with van der Waals surface area (Å²) in [7, 11) is 0. The van der Waals surface area contributed by atoms with Gasteiger partial charge in [0.1, 0.15) is 6.61 Å². The smallest absolute Gasteiger partial charge is 0.370 e. The van der Waals surface area contributed by atoms with Crippen LogP contribution in [0.5, 0.6) is 0 Å². The molecule has 0 aliphatic rings. The van der Waals surface area contributed by atoms with Crippen molar-refractivity contribution in [2.24, 2.45) is 5.73 Å². The maximum Gasteiger partial charge on any atom is 0.411 e. The molecule has 1 atom stereocenters. The van der Waals surface area contributed by atoms with Crippen LogP contribution in [0.2, 0.25) is 0 Å². The number of aryl methyl sites for hydroxylation is 1. The zero-order valence-electron chi connectivity index (χ0n) is 8.17. The molecule has 1 aromatic rings. The van der Waals surface area contributed by atoms with Crippen LogP contribution < -0.4 is 5.73 Å². The van der Waals surface area contributed by atoms with Crippen molar-refractivity contribution in [3.63, 3.8) is 0 Å². The Morgan fingerprint density at radius 3 is 2.67 bits per heavy atom. The SMILES string of the molecule is Cc1cc(C(N)COCC(F)(F)F)cs1. The van der Waals surface area contributed by atoms with Gasteiger partial charge in [-0.1, -0.05) is 0 Å². The van der Waals surface area contributed by atoms with Crippen molar-refractivity contribution in [3.8, 4) is 0 Å². The molecular formula is C9H12F3NOS. The number of hydrogen-bond acceptors (Lipinski definition) is 3. The third-order valence-corrected chi connectivity index (χ3v) is 2.62. The van der Waals surface area contributed by atoms with E-state index in [4.69, 9.17) is 5.73 Å². The minimum Gasteiger partial charge on any atom is -0.370 e. The molecule has 0 bridgehead atoms. The summed E-state index contributed by atoms with van der Waals surface area (Å²) in [5.74, 6) is 0. The molecule has 0 amide bonds. The van der Waals surface area contributed by atoms with E-state index in [1.165, 1.54) is 11.3 Å². The number of hydrogen-bond donors (Lipinski definition) is 1. The van der Waals surface area contributed by atoms with Gasteiger partial charge in [0.25, 0.3) is 0 Å². The van der Waals surface area contributed by atoms with Crippen molar-refractivity contribution in [1.29, 1.82) is 0 Å². The first-order chi connectivity index (χ1) is 6.88. The lowest BCUT2D eigenvalue weighted by Gasteiger charge is -2.12. The third-order valence-electron chi connectivity index (χ3n) is 1.74. The van der Waals surface area contributed by atoms with Gasteiger partial charge in [-0.3, -0.25) is 0 Å². The second kappa shape index (κ2) is 4.96. The largest absolute Gasteiger partial charge is 0.411 e. The van der Waals surface area contributed by atoms with E-state index in [1.54, 1.807) is 0 Å². The highest BCUT2D eigenvalue weighted by atomic mass is 32.1. The fourth-order valence-corrected chi connectivity index (χ4v) is 1.82. The van der Waals surface area contributed by atoms with Crippen LogP contribution >= 0.6 is 11.3 Å². The van der Waals surface area contributed by atoms with Gasteiger partial charge in [0.05, 0.1) is 12.6 Å². The van der Waals surface area contributed by atoms with Crippen molar-refractivity contribution >= 4 is 11.3 Å². The van der Waals surface area contributed by atoms with Gasteiger partial charge in [0, 0.05) is 4.88 Å². The second-order valence-corrected chi connectivity index (χ2v) is 4.34. The van der Waals surface area contributed by atoms with E-state index in [9.17, 15) is 13.2 Å². The second-order valence-electron chi connectivity index (χ2n) is 3.23. The van der Waals surface area contributed by atoms with E-state index in [-0.39, 0.29) is 6.61 Å². The molecule has 15 heavy (non-hydrogen) atoms. The van der Waals surface area contributed by atoms with E-state index >= 15 is 0 Å². The van der Waals surface area contributed by atoms with Crippen LogP contribution in [-0.4, -0.2) is 19.4 Å². The Kier molecular flexibility index (Phi) is 4.12. The number of rotatable bonds is 4. The first-order valence-electron chi connectivity index (χ1n) is 4.33. The van der Waals surface area contributed by atoms with Gasteiger partial charge in [-0.15, -0.1) is 11.3 Å². The fourth-order valence-electron chi connectivity index (χ4n) is 1.06. The fraction of sp³-hybridized carbons (Fsp3) is 0.556. The Morgan fingerprint density at radius 2 is 2.20 bits per heavy atom. The van der Waals surface area contributed by atoms with Crippen LogP contribution in [0.25, 0.3) is 0 Å². The van der Waals surface area contributed by atoms with E-state index in [0.717, 1.165) is 10.4 Å². The van der Waals surface area contributed by atoms with E-state index in [1.807, 2.05) is 18.4 Å². The summed E-state index contributed by atoms with van der Waals surface area (Å²) < 4.78 is 39.7. The monoisotopic (exact) mass is 239 g/mol. The van der Waals surface area contributed by atoms with Crippen LogP contribution in [0.1, 0.15) is 16.5 Å². The minimum absolute atomic E-state index is 0.115. The molecule has 86 valence electrons. The normalized spacial score (nSPS) is 14.2. The quantitative estimate of drug-likeness (QED) is 0.876. The summed E-state index contributed by atoms with van der Waals surface area (Å²) in [4.78, 5) is 1.08. The molecule has 0 aliphatic heterocycles. The summed E-state index contributed by atoms with van der Waals surface area (Å²) in [6, 6.07) is 1.36. The van der Waals surface area contributed by atoms with Crippen LogP contribution in [-0.2, 0) is 4.74 Å². The van der Waals surface area contributed by atoms with Gasteiger partial charge in [-0.25, -0.2) is 0 Å². The van der Waals surface area contributed by atoms with Crippen molar-refractivity contribution in [2.75, 3.05) is 13.2 Å². The molecule has 1 heterocycles.